The Morgan fingerprint density at radius 1 is 1.40 bits per heavy atom. The van der Waals surface area contributed by atoms with Crippen LogP contribution < -0.4 is 5.32 Å². The third kappa shape index (κ3) is 4.09. The number of hydrogen-bond donors (Lipinski definition) is 2. The minimum absolute atomic E-state index is 0.206. The van der Waals surface area contributed by atoms with Gasteiger partial charge in [0.15, 0.2) is 9.84 Å². The fraction of sp³-hybridized carbons (Fsp3) is 1.00. The van der Waals surface area contributed by atoms with Gasteiger partial charge < -0.3 is 10.4 Å². The zero-order chi connectivity index (χ0) is 11.3. The highest BCUT2D eigenvalue weighted by Crippen LogP contribution is 2.24. The van der Waals surface area contributed by atoms with E-state index in [9.17, 15) is 8.42 Å². The fourth-order valence-corrected chi connectivity index (χ4v) is 2.79. The van der Waals surface area contributed by atoms with E-state index in [4.69, 9.17) is 5.11 Å². The number of rotatable bonds is 6. The number of nitrogens with one attached hydrogen (secondary N) is 1. The van der Waals surface area contributed by atoms with E-state index in [0.717, 1.165) is 19.3 Å². The van der Waals surface area contributed by atoms with E-state index in [2.05, 4.69) is 5.32 Å². The minimum atomic E-state index is -2.86. The fourth-order valence-electron chi connectivity index (χ4n) is 2.07. The summed E-state index contributed by atoms with van der Waals surface area (Å²) >= 11 is 0. The number of sulfone groups is 1. The maximum absolute atomic E-state index is 11.2. The summed E-state index contributed by atoms with van der Waals surface area (Å²) < 4.78 is 22.5. The van der Waals surface area contributed by atoms with Gasteiger partial charge >= 0.3 is 0 Å². The predicted octanol–water partition coefficient (Wildman–Crippen LogP) is 0.172. The molecule has 0 heterocycles. The summed E-state index contributed by atoms with van der Waals surface area (Å²) in [6, 6.07) is 0.307. The van der Waals surface area contributed by atoms with Crippen molar-refractivity contribution in [3.05, 3.63) is 0 Å². The molecule has 0 amide bonds. The molecule has 2 N–H and O–H groups in total. The second-order valence-corrected chi connectivity index (χ2v) is 6.64. The summed E-state index contributed by atoms with van der Waals surface area (Å²) in [6.07, 6.45) is 3.23. The first-order valence-electron chi connectivity index (χ1n) is 5.63. The highest BCUT2D eigenvalue weighted by Gasteiger charge is 2.26. The number of hydrogen-bond acceptors (Lipinski definition) is 4. The Hall–Kier alpha value is -0.130. The molecule has 4 nitrogen and oxygen atoms in total. The molecule has 0 saturated heterocycles. The number of aliphatic hydroxyl groups is 1. The first-order chi connectivity index (χ1) is 7.09. The summed E-state index contributed by atoms with van der Waals surface area (Å²) in [6.45, 7) is 2.39. The molecule has 0 aliphatic heterocycles. The summed E-state index contributed by atoms with van der Waals surface area (Å²) in [5, 5.41) is 12.3. The Balaban J connectivity index is 2.25. The summed E-state index contributed by atoms with van der Waals surface area (Å²) in [7, 11) is -2.86. The van der Waals surface area contributed by atoms with Crippen molar-refractivity contribution in [2.24, 2.45) is 5.92 Å². The SMILES string of the molecule is CCS(=O)(=O)CCNC1CCCC1CO. The van der Waals surface area contributed by atoms with Gasteiger partial charge in [-0.05, 0) is 18.8 Å². The van der Waals surface area contributed by atoms with Crippen LogP contribution in [0.1, 0.15) is 26.2 Å². The quantitative estimate of drug-likeness (QED) is 0.689. The summed E-state index contributed by atoms with van der Waals surface area (Å²) in [5.41, 5.74) is 0. The summed E-state index contributed by atoms with van der Waals surface area (Å²) in [4.78, 5) is 0. The van der Waals surface area contributed by atoms with Crippen LogP contribution in [0.25, 0.3) is 0 Å². The largest absolute Gasteiger partial charge is 0.396 e. The van der Waals surface area contributed by atoms with Crippen molar-refractivity contribution in [1.29, 1.82) is 0 Å². The van der Waals surface area contributed by atoms with Crippen molar-refractivity contribution < 1.29 is 13.5 Å². The van der Waals surface area contributed by atoms with E-state index in [0.29, 0.717) is 18.5 Å². The minimum Gasteiger partial charge on any atom is -0.396 e. The summed E-state index contributed by atoms with van der Waals surface area (Å²) in [5.74, 6) is 0.732. The molecule has 0 aromatic carbocycles. The van der Waals surface area contributed by atoms with Gasteiger partial charge in [-0.2, -0.15) is 0 Å². The first kappa shape index (κ1) is 12.9. The smallest absolute Gasteiger partial charge is 0.151 e. The maximum Gasteiger partial charge on any atom is 0.151 e. The molecule has 1 saturated carbocycles. The Morgan fingerprint density at radius 3 is 2.73 bits per heavy atom. The third-order valence-electron chi connectivity index (χ3n) is 3.15. The highest BCUT2D eigenvalue weighted by atomic mass is 32.2. The second-order valence-electron chi connectivity index (χ2n) is 4.17. The maximum atomic E-state index is 11.2. The van der Waals surface area contributed by atoms with Crippen LogP contribution in [-0.2, 0) is 9.84 Å². The van der Waals surface area contributed by atoms with Crippen LogP contribution in [0.4, 0.5) is 0 Å². The van der Waals surface area contributed by atoms with Crippen molar-refractivity contribution in [3.8, 4) is 0 Å². The van der Waals surface area contributed by atoms with Crippen LogP contribution in [0.3, 0.4) is 0 Å². The van der Waals surface area contributed by atoms with Gasteiger partial charge in [0.05, 0.1) is 5.75 Å². The van der Waals surface area contributed by atoms with Crippen LogP contribution in [-0.4, -0.2) is 44.2 Å². The molecular weight excluding hydrogens is 214 g/mol. The molecule has 1 aliphatic carbocycles. The van der Waals surface area contributed by atoms with Gasteiger partial charge in [-0.25, -0.2) is 8.42 Å². The van der Waals surface area contributed by atoms with Gasteiger partial charge in [0.1, 0.15) is 0 Å². The molecule has 0 radical (unpaired) electrons. The Bertz CT molecular complexity index is 276. The molecule has 90 valence electrons. The van der Waals surface area contributed by atoms with Gasteiger partial charge in [0, 0.05) is 24.9 Å². The zero-order valence-electron chi connectivity index (χ0n) is 9.28. The third-order valence-corrected chi connectivity index (χ3v) is 4.86. The molecular formula is C10H21NO3S. The van der Waals surface area contributed by atoms with Gasteiger partial charge in [-0.3, -0.25) is 0 Å². The first-order valence-corrected chi connectivity index (χ1v) is 7.46. The van der Waals surface area contributed by atoms with E-state index >= 15 is 0 Å². The van der Waals surface area contributed by atoms with Gasteiger partial charge in [-0.15, -0.1) is 0 Å². The van der Waals surface area contributed by atoms with Crippen LogP contribution in [0.15, 0.2) is 0 Å². The Labute approximate surface area is 92.0 Å². The lowest BCUT2D eigenvalue weighted by Gasteiger charge is -2.18. The van der Waals surface area contributed by atoms with Crippen LogP contribution in [0.2, 0.25) is 0 Å². The molecule has 1 fully saturated rings. The van der Waals surface area contributed by atoms with Gasteiger partial charge in [-0.1, -0.05) is 13.3 Å². The standard InChI is InChI=1S/C10H21NO3S/c1-2-15(13,14)7-6-11-10-5-3-4-9(10)8-12/h9-12H,2-8H2,1H3. The second kappa shape index (κ2) is 5.82. The molecule has 0 bridgehead atoms. The van der Waals surface area contributed by atoms with Crippen LogP contribution in [0.5, 0.6) is 0 Å². The van der Waals surface area contributed by atoms with E-state index in [1.807, 2.05) is 0 Å². The molecule has 0 spiro atoms. The van der Waals surface area contributed by atoms with E-state index in [-0.39, 0.29) is 18.1 Å². The number of aliphatic hydroxyl groups excluding tert-OH is 1. The van der Waals surface area contributed by atoms with Crippen LogP contribution >= 0.6 is 0 Å². The molecule has 1 aliphatic rings. The average molecular weight is 235 g/mol. The molecule has 0 aromatic heterocycles. The average Bonchev–Trinajstić information content (AvgIpc) is 2.65. The Kier molecular flexibility index (Phi) is 5.02. The van der Waals surface area contributed by atoms with Crippen molar-refractivity contribution in [2.45, 2.75) is 32.2 Å². The van der Waals surface area contributed by atoms with E-state index < -0.39 is 9.84 Å². The lowest BCUT2D eigenvalue weighted by molar-refractivity contribution is 0.206. The molecule has 2 atom stereocenters. The van der Waals surface area contributed by atoms with Crippen molar-refractivity contribution in [1.82, 2.24) is 5.32 Å². The van der Waals surface area contributed by atoms with Crippen molar-refractivity contribution in [2.75, 3.05) is 24.7 Å². The molecule has 5 heteroatoms. The lowest BCUT2D eigenvalue weighted by atomic mass is 10.1. The molecule has 1 rings (SSSR count). The molecule has 2 unspecified atom stereocenters. The topological polar surface area (TPSA) is 66.4 Å². The van der Waals surface area contributed by atoms with E-state index in [1.165, 1.54) is 0 Å². The zero-order valence-corrected chi connectivity index (χ0v) is 10.1. The van der Waals surface area contributed by atoms with Gasteiger partial charge in [0.25, 0.3) is 0 Å². The normalized spacial score (nSPS) is 27.1. The Morgan fingerprint density at radius 2 is 2.13 bits per heavy atom. The monoisotopic (exact) mass is 235 g/mol. The highest BCUT2D eigenvalue weighted by molar-refractivity contribution is 7.91. The van der Waals surface area contributed by atoms with Crippen molar-refractivity contribution in [3.63, 3.8) is 0 Å². The molecule has 0 aromatic rings. The van der Waals surface area contributed by atoms with Crippen molar-refractivity contribution >= 4 is 9.84 Å². The lowest BCUT2D eigenvalue weighted by Crippen LogP contribution is -2.37. The predicted molar refractivity (Wildman–Crippen MR) is 60.5 cm³/mol. The molecule has 15 heavy (non-hydrogen) atoms. The van der Waals surface area contributed by atoms with Crippen LogP contribution in [0, 0.1) is 5.92 Å². The van der Waals surface area contributed by atoms with E-state index in [1.54, 1.807) is 6.92 Å². The van der Waals surface area contributed by atoms with Gasteiger partial charge in [0.2, 0.25) is 0 Å².